The van der Waals surface area contributed by atoms with E-state index in [0.29, 0.717) is 34.5 Å². The normalized spacial score (nSPS) is 12.1. The fourth-order valence-electron chi connectivity index (χ4n) is 2.36. The summed E-state index contributed by atoms with van der Waals surface area (Å²) in [7, 11) is 0. The van der Waals surface area contributed by atoms with Gasteiger partial charge in [0.15, 0.2) is 6.10 Å². The Hall–Kier alpha value is -2.42. The SMILES string of the molecule is Cc1noc(C)c1CCC(=O)O[C@@H](C)C(=O)Nc1ccc(SC(F)F)cc1. The summed E-state index contributed by atoms with van der Waals surface area (Å²) in [6.45, 7) is 5.02. The third-order valence-corrected chi connectivity index (χ3v) is 4.51. The fraction of sp³-hybridized carbons (Fsp3) is 0.389. The predicted octanol–water partition coefficient (Wildman–Crippen LogP) is 4.11. The summed E-state index contributed by atoms with van der Waals surface area (Å²) in [5.74, 6) is -2.87. The second-order valence-corrected chi connectivity index (χ2v) is 6.89. The van der Waals surface area contributed by atoms with Gasteiger partial charge in [0.05, 0.1) is 5.69 Å². The molecule has 27 heavy (non-hydrogen) atoms. The van der Waals surface area contributed by atoms with Gasteiger partial charge in [-0.05, 0) is 51.5 Å². The third-order valence-electron chi connectivity index (χ3n) is 3.78. The lowest BCUT2D eigenvalue weighted by atomic mass is 10.1. The lowest BCUT2D eigenvalue weighted by Gasteiger charge is -2.14. The van der Waals surface area contributed by atoms with E-state index in [1.54, 1.807) is 13.8 Å². The number of alkyl halides is 2. The van der Waals surface area contributed by atoms with E-state index in [1.165, 1.54) is 31.2 Å². The van der Waals surface area contributed by atoms with Gasteiger partial charge in [0.1, 0.15) is 5.76 Å². The van der Waals surface area contributed by atoms with Gasteiger partial charge in [-0.25, -0.2) is 0 Å². The number of benzene rings is 1. The number of amides is 1. The van der Waals surface area contributed by atoms with Crippen molar-refractivity contribution in [2.75, 3.05) is 5.32 Å². The quantitative estimate of drug-likeness (QED) is 0.532. The highest BCUT2D eigenvalue weighted by molar-refractivity contribution is 7.99. The monoisotopic (exact) mass is 398 g/mol. The van der Waals surface area contributed by atoms with Gasteiger partial charge in [0.2, 0.25) is 0 Å². The molecule has 0 aliphatic carbocycles. The highest BCUT2D eigenvalue weighted by Crippen LogP contribution is 2.26. The summed E-state index contributed by atoms with van der Waals surface area (Å²) in [5, 5.41) is 6.40. The molecule has 1 atom stereocenters. The molecule has 6 nitrogen and oxygen atoms in total. The van der Waals surface area contributed by atoms with Gasteiger partial charge in [-0.1, -0.05) is 16.9 Å². The Bertz CT molecular complexity index is 774. The molecule has 0 aliphatic rings. The molecule has 0 spiro atoms. The van der Waals surface area contributed by atoms with E-state index < -0.39 is 23.7 Å². The topological polar surface area (TPSA) is 81.4 Å². The van der Waals surface area contributed by atoms with Crippen LogP contribution >= 0.6 is 11.8 Å². The van der Waals surface area contributed by atoms with E-state index in [0.717, 1.165) is 11.3 Å². The van der Waals surface area contributed by atoms with Gasteiger partial charge in [-0.15, -0.1) is 0 Å². The summed E-state index contributed by atoms with van der Waals surface area (Å²) >= 11 is 0.420. The van der Waals surface area contributed by atoms with Gasteiger partial charge in [-0.3, -0.25) is 9.59 Å². The molecule has 0 bridgehead atoms. The molecule has 9 heteroatoms. The fourth-order valence-corrected chi connectivity index (χ4v) is 2.86. The van der Waals surface area contributed by atoms with E-state index in [4.69, 9.17) is 9.26 Å². The van der Waals surface area contributed by atoms with Gasteiger partial charge >= 0.3 is 5.97 Å². The van der Waals surface area contributed by atoms with E-state index in [-0.39, 0.29) is 6.42 Å². The Kier molecular flexibility index (Phi) is 7.35. The van der Waals surface area contributed by atoms with Crippen LogP contribution in [-0.2, 0) is 20.7 Å². The van der Waals surface area contributed by atoms with Gasteiger partial charge in [-0.2, -0.15) is 8.78 Å². The van der Waals surface area contributed by atoms with E-state index >= 15 is 0 Å². The molecule has 2 aromatic rings. The van der Waals surface area contributed by atoms with Gasteiger partial charge < -0.3 is 14.6 Å². The van der Waals surface area contributed by atoms with Crippen LogP contribution in [0.5, 0.6) is 0 Å². The smallest absolute Gasteiger partial charge is 0.306 e. The average molecular weight is 398 g/mol. The minimum absolute atomic E-state index is 0.0973. The summed E-state index contributed by atoms with van der Waals surface area (Å²) in [6.07, 6.45) is -0.477. The van der Waals surface area contributed by atoms with Crippen molar-refractivity contribution in [2.45, 2.75) is 50.4 Å². The number of aromatic nitrogens is 1. The predicted molar refractivity (Wildman–Crippen MR) is 96.8 cm³/mol. The molecule has 0 saturated carbocycles. The second-order valence-electron chi connectivity index (χ2n) is 5.83. The number of carbonyl (C=O) groups is 2. The van der Waals surface area contributed by atoms with Crippen LogP contribution in [0.1, 0.15) is 30.4 Å². The first-order chi connectivity index (χ1) is 12.8. The molecule has 146 valence electrons. The molecule has 1 heterocycles. The molecular formula is C18H20F2N2O4S. The number of ether oxygens (including phenoxy) is 1. The number of rotatable bonds is 8. The maximum absolute atomic E-state index is 12.3. The minimum Gasteiger partial charge on any atom is -0.453 e. The van der Waals surface area contributed by atoms with Crippen LogP contribution in [0.4, 0.5) is 14.5 Å². The summed E-state index contributed by atoms with van der Waals surface area (Å²) in [6, 6.07) is 5.97. The largest absolute Gasteiger partial charge is 0.453 e. The highest BCUT2D eigenvalue weighted by Gasteiger charge is 2.19. The van der Waals surface area contributed by atoms with Crippen molar-refractivity contribution in [1.82, 2.24) is 5.16 Å². The Labute approximate surface area is 159 Å². The molecule has 0 fully saturated rings. The average Bonchev–Trinajstić information content (AvgIpc) is 2.92. The van der Waals surface area contributed by atoms with Crippen molar-refractivity contribution >= 4 is 29.3 Å². The van der Waals surface area contributed by atoms with Gasteiger partial charge in [0.25, 0.3) is 11.7 Å². The van der Waals surface area contributed by atoms with Crippen molar-refractivity contribution in [2.24, 2.45) is 0 Å². The zero-order chi connectivity index (χ0) is 20.0. The number of anilines is 1. The molecule has 0 radical (unpaired) electrons. The van der Waals surface area contributed by atoms with Crippen LogP contribution in [-0.4, -0.2) is 28.9 Å². The minimum atomic E-state index is -2.50. The molecule has 2 rings (SSSR count). The Morgan fingerprint density at radius 2 is 1.93 bits per heavy atom. The number of halogens is 2. The van der Waals surface area contributed by atoms with E-state index in [9.17, 15) is 18.4 Å². The molecule has 1 N–H and O–H groups in total. The maximum Gasteiger partial charge on any atom is 0.306 e. The number of nitrogens with one attached hydrogen (secondary N) is 1. The standard InChI is InChI=1S/C18H20F2N2O4S/c1-10-15(11(2)26-22-10)8-9-16(23)25-12(3)17(24)21-13-4-6-14(7-5-13)27-18(19)20/h4-7,12,18H,8-9H2,1-3H3,(H,21,24)/t12-/m0/s1. The van der Waals surface area contributed by atoms with Crippen molar-refractivity contribution in [3.05, 3.63) is 41.3 Å². The summed E-state index contributed by atoms with van der Waals surface area (Å²) < 4.78 is 34.7. The summed E-state index contributed by atoms with van der Waals surface area (Å²) in [5.41, 5.74) is 2.00. The zero-order valence-electron chi connectivity index (χ0n) is 15.1. The van der Waals surface area contributed by atoms with Crippen LogP contribution < -0.4 is 5.32 Å². The number of thioether (sulfide) groups is 1. The summed E-state index contributed by atoms with van der Waals surface area (Å²) in [4.78, 5) is 24.5. The number of hydrogen-bond acceptors (Lipinski definition) is 6. The van der Waals surface area contributed by atoms with Crippen molar-refractivity contribution < 1.29 is 27.6 Å². The first-order valence-electron chi connectivity index (χ1n) is 8.23. The molecule has 1 amide bonds. The molecule has 1 aromatic heterocycles. The Balaban J connectivity index is 1.81. The molecule has 0 aliphatic heterocycles. The van der Waals surface area contributed by atoms with Crippen LogP contribution in [0, 0.1) is 13.8 Å². The lowest BCUT2D eigenvalue weighted by Crippen LogP contribution is -2.30. The van der Waals surface area contributed by atoms with E-state index in [1.807, 2.05) is 0 Å². The lowest BCUT2D eigenvalue weighted by molar-refractivity contribution is -0.153. The molecular weight excluding hydrogens is 378 g/mol. The van der Waals surface area contributed by atoms with Crippen LogP contribution in [0.25, 0.3) is 0 Å². The first kappa shape index (κ1) is 20.9. The third kappa shape index (κ3) is 6.35. The number of aryl methyl sites for hydroxylation is 2. The molecule has 0 saturated heterocycles. The maximum atomic E-state index is 12.3. The Morgan fingerprint density at radius 3 is 2.48 bits per heavy atom. The first-order valence-corrected chi connectivity index (χ1v) is 9.11. The van der Waals surface area contributed by atoms with E-state index in [2.05, 4.69) is 10.5 Å². The van der Waals surface area contributed by atoms with Crippen molar-refractivity contribution in [3.63, 3.8) is 0 Å². The number of carbonyl (C=O) groups excluding carboxylic acids is 2. The second kappa shape index (κ2) is 9.50. The number of hydrogen-bond donors (Lipinski definition) is 1. The van der Waals surface area contributed by atoms with Crippen LogP contribution in [0.15, 0.2) is 33.7 Å². The molecule has 1 aromatic carbocycles. The van der Waals surface area contributed by atoms with Crippen LogP contribution in [0.2, 0.25) is 0 Å². The highest BCUT2D eigenvalue weighted by atomic mass is 32.2. The number of nitrogens with zero attached hydrogens (tertiary/aromatic N) is 1. The van der Waals surface area contributed by atoms with Crippen molar-refractivity contribution in [3.8, 4) is 0 Å². The Morgan fingerprint density at radius 1 is 1.26 bits per heavy atom. The van der Waals surface area contributed by atoms with Crippen molar-refractivity contribution in [1.29, 1.82) is 0 Å². The molecule has 0 unspecified atom stereocenters. The van der Waals surface area contributed by atoms with Gasteiger partial charge in [0, 0.05) is 22.6 Å². The number of esters is 1. The van der Waals surface area contributed by atoms with Crippen LogP contribution in [0.3, 0.4) is 0 Å². The zero-order valence-corrected chi connectivity index (χ0v) is 15.9.